The van der Waals surface area contributed by atoms with Gasteiger partial charge in [0.05, 0.1) is 24.4 Å². The Morgan fingerprint density at radius 2 is 2.04 bits per heavy atom. The molecule has 0 fully saturated rings. The molecule has 0 spiro atoms. The van der Waals surface area contributed by atoms with Crippen molar-refractivity contribution in [2.45, 2.75) is 40.5 Å². The lowest BCUT2D eigenvalue weighted by Gasteiger charge is -2.14. The first kappa shape index (κ1) is 21.0. The fourth-order valence-electron chi connectivity index (χ4n) is 2.65. The van der Waals surface area contributed by atoms with Gasteiger partial charge in [-0.25, -0.2) is 4.98 Å². The summed E-state index contributed by atoms with van der Waals surface area (Å²) in [5.74, 6) is 2.18. The second-order valence-corrected chi connectivity index (χ2v) is 7.19. The molecule has 0 saturated carbocycles. The molecule has 0 amide bonds. The van der Waals surface area contributed by atoms with Crippen LogP contribution in [-0.4, -0.2) is 37.7 Å². The molecule has 2 N–H and O–H groups in total. The molecule has 1 aromatic carbocycles. The number of benzene rings is 1. The zero-order valence-electron chi connectivity index (χ0n) is 16.9. The fraction of sp³-hybridized carbons (Fsp3) is 0.500. The average molecular weight is 391 g/mol. The maximum Gasteiger partial charge on any atom is 0.195 e. The molecule has 0 saturated heterocycles. The van der Waals surface area contributed by atoms with Crippen LogP contribution in [0, 0.1) is 6.92 Å². The zero-order valence-corrected chi connectivity index (χ0v) is 17.7. The van der Waals surface area contributed by atoms with E-state index in [-0.39, 0.29) is 0 Å². The number of rotatable bonds is 9. The van der Waals surface area contributed by atoms with Crippen molar-refractivity contribution in [1.29, 1.82) is 0 Å². The third kappa shape index (κ3) is 6.13. The number of hydrogen-bond donors (Lipinski definition) is 2. The summed E-state index contributed by atoms with van der Waals surface area (Å²) in [5.41, 5.74) is 2.10. The van der Waals surface area contributed by atoms with E-state index in [0.29, 0.717) is 18.9 Å². The molecule has 2 aromatic rings. The van der Waals surface area contributed by atoms with Gasteiger partial charge < -0.3 is 20.1 Å². The van der Waals surface area contributed by atoms with Gasteiger partial charge in [-0.2, -0.15) is 0 Å². The third-order valence-corrected chi connectivity index (χ3v) is 5.01. The minimum absolute atomic E-state index is 0.584. The first-order valence-electron chi connectivity index (χ1n) is 9.42. The Kier molecular flexibility index (Phi) is 8.39. The van der Waals surface area contributed by atoms with Crippen LogP contribution in [0.25, 0.3) is 0 Å². The van der Waals surface area contributed by atoms with Gasteiger partial charge in [-0.3, -0.25) is 4.99 Å². The molecule has 0 atom stereocenters. The van der Waals surface area contributed by atoms with Gasteiger partial charge in [0.25, 0.3) is 0 Å². The van der Waals surface area contributed by atoms with E-state index in [2.05, 4.69) is 41.4 Å². The number of guanidine groups is 1. The van der Waals surface area contributed by atoms with E-state index in [1.165, 1.54) is 10.6 Å². The van der Waals surface area contributed by atoms with E-state index in [4.69, 9.17) is 9.47 Å². The lowest BCUT2D eigenvalue weighted by Crippen LogP contribution is -2.30. The Morgan fingerprint density at radius 3 is 2.67 bits per heavy atom. The van der Waals surface area contributed by atoms with Crippen molar-refractivity contribution < 1.29 is 9.47 Å². The van der Waals surface area contributed by atoms with Crippen molar-refractivity contribution >= 4 is 23.0 Å². The predicted molar refractivity (Wildman–Crippen MR) is 114 cm³/mol. The molecule has 0 aliphatic rings. The van der Waals surface area contributed by atoms with Gasteiger partial charge in [-0.05, 0) is 39.3 Å². The fourth-order valence-corrected chi connectivity index (χ4v) is 3.66. The summed E-state index contributed by atoms with van der Waals surface area (Å²) >= 11 is 1.77. The van der Waals surface area contributed by atoms with Crippen LogP contribution in [0.2, 0.25) is 0 Å². The summed E-state index contributed by atoms with van der Waals surface area (Å²) < 4.78 is 11.0. The van der Waals surface area contributed by atoms with E-state index in [1.807, 2.05) is 25.1 Å². The van der Waals surface area contributed by atoms with Crippen LogP contribution in [0.5, 0.6) is 11.5 Å². The molecule has 0 bridgehead atoms. The molecule has 1 heterocycles. The number of aryl methyl sites for hydroxylation is 2. The van der Waals surface area contributed by atoms with Gasteiger partial charge in [0.15, 0.2) is 17.5 Å². The molecule has 7 heteroatoms. The predicted octanol–water partition coefficient (Wildman–Crippen LogP) is 4.04. The van der Waals surface area contributed by atoms with Crippen LogP contribution in [0.4, 0.5) is 5.69 Å². The summed E-state index contributed by atoms with van der Waals surface area (Å²) in [6.45, 7) is 10.3. The smallest absolute Gasteiger partial charge is 0.195 e. The van der Waals surface area contributed by atoms with Crippen LogP contribution in [0.1, 0.15) is 36.3 Å². The van der Waals surface area contributed by atoms with Gasteiger partial charge in [-0.1, -0.05) is 6.92 Å². The SMILES string of the molecule is CCNC(=NCCc1nc(CC)c(C)s1)Nc1ccc(OC)c(OCC)c1. The largest absolute Gasteiger partial charge is 0.493 e. The van der Waals surface area contributed by atoms with Crippen LogP contribution in [-0.2, 0) is 12.8 Å². The van der Waals surface area contributed by atoms with Gasteiger partial charge in [0.1, 0.15) is 0 Å². The molecule has 0 unspecified atom stereocenters. The number of anilines is 1. The molecule has 1 aromatic heterocycles. The Bertz CT molecular complexity index is 758. The normalized spacial score (nSPS) is 11.4. The maximum absolute atomic E-state index is 5.64. The third-order valence-electron chi connectivity index (χ3n) is 3.94. The van der Waals surface area contributed by atoms with Crippen molar-refractivity contribution in [1.82, 2.24) is 10.3 Å². The lowest BCUT2D eigenvalue weighted by molar-refractivity contribution is 0.311. The molecule has 6 nitrogen and oxygen atoms in total. The van der Waals surface area contributed by atoms with Gasteiger partial charge >= 0.3 is 0 Å². The first-order chi connectivity index (χ1) is 13.1. The van der Waals surface area contributed by atoms with Crippen molar-refractivity contribution in [3.8, 4) is 11.5 Å². The second-order valence-electron chi connectivity index (χ2n) is 5.90. The molecule has 148 valence electrons. The van der Waals surface area contributed by atoms with Crippen LogP contribution in [0.15, 0.2) is 23.2 Å². The van der Waals surface area contributed by atoms with Gasteiger partial charge in [0, 0.05) is 36.1 Å². The monoisotopic (exact) mass is 390 g/mol. The van der Waals surface area contributed by atoms with E-state index in [9.17, 15) is 0 Å². The molecule has 0 aliphatic carbocycles. The van der Waals surface area contributed by atoms with E-state index < -0.39 is 0 Å². The highest BCUT2D eigenvalue weighted by Gasteiger charge is 2.08. The topological polar surface area (TPSA) is 67.8 Å². The van der Waals surface area contributed by atoms with Crippen LogP contribution in [0.3, 0.4) is 0 Å². The molecule has 0 aliphatic heterocycles. The lowest BCUT2D eigenvalue weighted by atomic mass is 10.2. The number of hydrogen-bond acceptors (Lipinski definition) is 5. The number of ether oxygens (including phenoxy) is 2. The number of aromatic nitrogens is 1. The molecule has 27 heavy (non-hydrogen) atoms. The average Bonchev–Trinajstić information content (AvgIpc) is 3.02. The quantitative estimate of drug-likeness (QED) is 0.500. The molecular formula is C20H30N4O2S. The number of thiazole rings is 1. The minimum atomic E-state index is 0.584. The van der Waals surface area contributed by atoms with Crippen molar-refractivity contribution in [2.24, 2.45) is 4.99 Å². The highest BCUT2D eigenvalue weighted by Crippen LogP contribution is 2.30. The van der Waals surface area contributed by atoms with Crippen molar-refractivity contribution in [3.63, 3.8) is 0 Å². The second kappa shape index (κ2) is 10.8. The van der Waals surface area contributed by atoms with E-state index in [1.54, 1.807) is 18.4 Å². The van der Waals surface area contributed by atoms with Crippen LogP contribution < -0.4 is 20.1 Å². The Labute approximate surface area is 166 Å². The summed E-state index contributed by atoms with van der Waals surface area (Å²) in [6.07, 6.45) is 1.82. The Balaban J connectivity index is 2.05. The van der Waals surface area contributed by atoms with E-state index >= 15 is 0 Å². The zero-order chi connectivity index (χ0) is 19.6. The summed E-state index contributed by atoms with van der Waals surface area (Å²) in [6, 6.07) is 5.76. The number of aliphatic imine (C=N–C) groups is 1. The number of nitrogens with one attached hydrogen (secondary N) is 2. The van der Waals surface area contributed by atoms with Gasteiger partial charge in [0.2, 0.25) is 0 Å². The van der Waals surface area contributed by atoms with Gasteiger partial charge in [-0.15, -0.1) is 11.3 Å². The maximum atomic E-state index is 5.64. The van der Waals surface area contributed by atoms with E-state index in [0.717, 1.165) is 41.8 Å². The summed E-state index contributed by atoms with van der Waals surface area (Å²) in [7, 11) is 1.64. The molecule has 0 radical (unpaired) electrons. The highest BCUT2D eigenvalue weighted by molar-refractivity contribution is 7.11. The summed E-state index contributed by atoms with van der Waals surface area (Å²) in [5, 5.41) is 7.75. The number of nitrogens with zero attached hydrogens (tertiary/aromatic N) is 2. The summed E-state index contributed by atoms with van der Waals surface area (Å²) in [4.78, 5) is 10.7. The Morgan fingerprint density at radius 1 is 1.22 bits per heavy atom. The first-order valence-corrected chi connectivity index (χ1v) is 10.2. The van der Waals surface area contributed by atoms with Crippen LogP contribution >= 0.6 is 11.3 Å². The number of methoxy groups -OCH3 is 1. The van der Waals surface area contributed by atoms with Crippen molar-refractivity contribution in [3.05, 3.63) is 33.8 Å². The Hall–Kier alpha value is -2.28. The molecule has 2 rings (SSSR count). The standard InChI is InChI=1S/C20H30N4O2S/c1-6-16-14(4)27-19(24-16)11-12-22-20(21-7-2)23-15-9-10-17(25-5)18(13-15)26-8-3/h9-10,13H,6-8,11-12H2,1-5H3,(H2,21,22,23). The highest BCUT2D eigenvalue weighted by atomic mass is 32.1. The minimum Gasteiger partial charge on any atom is -0.493 e. The molecular weight excluding hydrogens is 360 g/mol. The van der Waals surface area contributed by atoms with Crippen molar-refractivity contribution in [2.75, 3.05) is 32.1 Å².